The van der Waals surface area contributed by atoms with Crippen LogP contribution in [0.4, 0.5) is 0 Å². The molecule has 1 heterocycles. The molecule has 2 rings (SSSR count). The van der Waals surface area contributed by atoms with E-state index in [4.69, 9.17) is 13.9 Å². The van der Waals surface area contributed by atoms with E-state index in [0.29, 0.717) is 42.9 Å². The molecule has 1 aromatic heterocycles. The molecule has 0 radical (unpaired) electrons. The van der Waals surface area contributed by atoms with Crippen LogP contribution in [-0.2, 0) is 4.74 Å². The SMILES string of the molecule is CCOCCCNC(=O)c1cc2cccc(OC)c2oc1=O. The van der Waals surface area contributed by atoms with Crippen LogP contribution in [0.25, 0.3) is 11.0 Å². The first-order valence-electron chi connectivity index (χ1n) is 7.14. The van der Waals surface area contributed by atoms with Gasteiger partial charge in [-0.2, -0.15) is 0 Å². The zero-order chi connectivity index (χ0) is 15.9. The highest BCUT2D eigenvalue weighted by atomic mass is 16.5. The van der Waals surface area contributed by atoms with Gasteiger partial charge in [0.2, 0.25) is 0 Å². The van der Waals surface area contributed by atoms with Crippen LogP contribution in [0.15, 0.2) is 33.5 Å². The molecule has 2 aromatic rings. The topological polar surface area (TPSA) is 77.8 Å². The van der Waals surface area contributed by atoms with Crippen LogP contribution >= 0.6 is 0 Å². The van der Waals surface area contributed by atoms with Crippen molar-refractivity contribution >= 4 is 16.9 Å². The minimum atomic E-state index is -0.681. The molecule has 0 saturated carbocycles. The largest absolute Gasteiger partial charge is 0.493 e. The third-order valence-corrected chi connectivity index (χ3v) is 3.14. The van der Waals surface area contributed by atoms with Crippen molar-refractivity contribution in [1.29, 1.82) is 0 Å². The molecule has 0 aliphatic rings. The molecule has 0 bridgehead atoms. The quantitative estimate of drug-likeness (QED) is 0.625. The summed E-state index contributed by atoms with van der Waals surface area (Å²) in [6.07, 6.45) is 0.687. The minimum absolute atomic E-state index is 0.0165. The maximum absolute atomic E-state index is 12.1. The molecule has 0 aliphatic carbocycles. The Balaban J connectivity index is 2.16. The summed E-state index contributed by atoms with van der Waals surface area (Å²) >= 11 is 0. The number of carbonyl (C=O) groups excluding carboxylic acids is 1. The van der Waals surface area contributed by atoms with Crippen molar-refractivity contribution in [2.75, 3.05) is 26.9 Å². The summed E-state index contributed by atoms with van der Waals surface area (Å²) in [6, 6.07) is 6.73. The number of hydrogen-bond donors (Lipinski definition) is 1. The Morgan fingerprint density at radius 1 is 1.36 bits per heavy atom. The standard InChI is InChI=1S/C16H19NO5/c1-3-21-9-5-8-17-15(18)12-10-11-6-4-7-13(20-2)14(11)22-16(12)19/h4,6-7,10H,3,5,8-9H2,1-2H3,(H,17,18). The van der Waals surface area contributed by atoms with Crippen molar-refractivity contribution in [1.82, 2.24) is 5.32 Å². The van der Waals surface area contributed by atoms with Gasteiger partial charge in [0.15, 0.2) is 11.3 Å². The molecule has 6 heteroatoms. The Morgan fingerprint density at radius 3 is 2.91 bits per heavy atom. The number of hydrogen-bond acceptors (Lipinski definition) is 5. The number of rotatable bonds is 7. The van der Waals surface area contributed by atoms with Gasteiger partial charge in [-0.05, 0) is 25.5 Å². The van der Waals surface area contributed by atoms with Crippen LogP contribution in [0.2, 0.25) is 0 Å². The molecule has 0 unspecified atom stereocenters. The number of ether oxygens (including phenoxy) is 2. The van der Waals surface area contributed by atoms with E-state index in [1.54, 1.807) is 18.2 Å². The number of methoxy groups -OCH3 is 1. The fourth-order valence-electron chi connectivity index (χ4n) is 2.05. The average molecular weight is 305 g/mol. The van der Waals surface area contributed by atoms with Gasteiger partial charge in [-0.15, -0.1) is 0 Å². The summed E-state index contributed by atoms with van der Waals surface area (Å²) in [5.41, 5.74) is -0.362. The highest BCUT2D eigenvalue weighted by molar-refractivity contribution is 5.97. The molecule has 118 valence electrons. The van der Waals surface area contributed by atoms with Gasteiger partial charge in [0.1, 0.15) is 5.56 Å². The highest BCUT2D eigenvalue weighted by Gasteiger charge is 2.14. The summed E-state index contributed by atoms with van der Waals surface area (Å²) < 4.78 is 15.5. The van der Waals surface area contributed by atoms with Crippen LogP contribution < -0.4 is 15.7 Å². The maximum atomic E-state index is 12.1. The van der Waals surface area contributed by atoms with E-state index in [-0.39, 0.29) is 5.56 Å². The van der Waals surface area contributed by atoms with E-state index in [1.807, 2.05) is 6.92 Å². The van der Waals surface area contributed by atoms with Crippen molar-refractivity contribution in [3.63, 3.8) is 0 Å². The predicted octanol–water partition coefficient (Wildman–Crippen LogP) is 1.96. The number of benzene rings is 1. The van der Waals surface area contributed by atoms with E-state index in [2.05, 4.69) is 5.32 Å². The lowest BCUT2D eigenvalue weighted by molar-refractivity contribution is 0.0940. The van der Waals surface area contributed by atoms with E-state index < -0.39 is 11.5 Å². The number of para-hydroxylation sites is 1. The molecule has 0 fully saturated rings. The second-order valence-corrected chi connectivity index (χ2v) is 4.63. The summed E-state index contributed by atoms with van der Waals surface area (Å²) in [4.78, 5) is 24.0. The fourth-order valence-corrected chi connectivity index (χ4v) is 2.05. The third-order valence-electron chi connectivity index (χ3n) is 3.14. The first kappa shape index (κ1) is 16.0. The molecule has 0 aliphatic heterocycles. The van der Waals surface area contributed by atoms with Gasteiger partial charge in [-0.1, -0.05) is 12.1 Å². The van der Waals surface area contributed by atoms with Crippen LogP contribution in [0.3, 0.4) is 0 Å². The molecule has 6 nitrogen and oxygen atoms in total. The summed E-state index contributed by atoms with van der Waals surface area (Å²) in [6.45, 7) is 3.56. The Kier molecular flexibility index (Phi) is 5.55. The first-order valence-corrected chi connectivity index (χ1v) is 7.14. The lowest BCUT2D eigenvalue weighted by atomic mass is 10.1. The van der Waals surface area contributed by atoms with E-state index in [1.165, 1.54) is 13.2 Å². The van der Waals surface area contributed by atoms with Crippen LogP contribution in [0.5, 0.6) is 5.75 Å². The molecule has 1 N–H and O–H groups in total. The Hall–Kier alpha value is -2.34. The minimum Gasteiger partial charge on any atom is -0.493 e. The zero-order valence-corrected chi connectivity index (χ0v) is 12.7. The summed E-state index contributed by atoms with van der Waals surface area (Å²) in [5.74, 6) is 0.00763. The van der Waals surface area contributed by atoms with Gasteiger partial charge in [0, 0.05) is 25.1 Å². The number of amides is 1. The molecule has 1 amide bonds. The lowest BCUT2D eigenvalue weighted by Gasteiger charge is -2.07. The Labute approximate surface area is 128 Å². The zero-order valence-electron chi connectivity index (χ0n) is 12.7. The Morgan fingerprint density at radius 2 is 2.18 bits per heavy atom. The van der Waals surface area contributed by atoms with E-state index >= 15 is 0 Å². The molecular weight excluding hydrogens is 286 g/mol. The van der Waals surface area contributed by atoms with Crippen molar-refractivity contribution in [3.05, 3.63) is 40.2 Å². The van der Waals surface area contributed by atoms with Gasteiger partial charge >= 0.3 is 5.63 Å². The molecule has 22 heavy (non-hydrogen) atoms. The van der Waals surface area contributed by atoms with E-state index in [0.717, 1.165) is 0 Å². The normalized spacial score (nSPS) is 10.6. The number of carbonyl (C=O) groups is 1. The highest BCUT2D eigenvalue weighted by Crippen LogP contribution is 2.24. The van der Waals surface area contributed by atoms with Crippen molar-refractivity contribution < 1.29 is 18.7 Å². The van der Waals surface area contributed by atoms with Gasteiger partial charge in [-0.25, -0.2) is 4.79 Å². The van der Waals surface area contributed by atoms with Crippen molar-refractivity contribution in [2.24, 2.45) is 0 Å². The predicted molar refractivity (Wildman–Crippen MR) is 82.5 cm³/mol. The molecule has 0 spiro atoms. The monoisotopic (exact) mass is 305 g/mol. The van der Waals surface area contributed by atoms with E-state index in [9.17, 15) is 9.59 Å². The molecule has 1 aromatic carbocycles. The lowest BCUT2D eigenvalue weighted by Crippen LogP contribution is -2.29. The van der Waals surface area contributed by atoms with Gasteiger partial charge in [-0.3, -0.25) is 4.79 Å². The third kappa shape index (κ3) is 3.65. The smallest absolute Gasteiger partial charge is 0.349 e. The molecule has 0 atom stereocenters. The van der Waals surface area contributed by atoms with Gasteiger partial charge < -0.3 is 19.2 Å². The van der Waals surface area contributed by atoms with Crippen LogP contribution in [0.1, 0.15) is 23.7 Å². The summed E-state index contributed by atoms with van der Waals surface area (Å²) in [5, 5.41) is 3.32. The second kappa shape index (κ2) is 7.61. The van der Waals surface area contributed by atoms with Crippen molar-refractivity contribution in [3.8, 4) is 5.75 Å². The van der Waals surface area contributed by atoms with Crippen LogP contribution in [0, 0.1) is 0 Å². The Bertz CT molecular complexity index is 707. The fraction of sp³-hybridized carbons (Fsp3) is 0.375. The number of fused-ring (bicyclic) bond motifs is 1. The summed E-state index contributed by atoms with van der Waals surface area (Å²) in [7, 11) is 1.49. The molecular formula is C16H19NO5. The van der Waals surface area contributed by atoms with Gasteiger partial charge in [0.05, 0.1) is 7.11 Å². The van der Waals surface area contributed by atoms with Crippen molar-refractivity contribution in [2.45, 2.75) is 13.3 Å². The maximum Gasteiger partial charge on any atom is 0.349 e. The number of nitrogens with one attached hydrogen (secondary N) is 1. The first-order chi connectivity index (χ1) is 10.7. The molecule has 0 saturated heterocycles. The van der Waals surface area contributed by atoms with Crippen LogP contribution in [-0.4, -0.2) is 32.8 Å². The average Bonchev–Trinajstić information content (AvgIpc) is 2.53. The van der Waals surface area contributed by atoms with Gasteiger partial charge in [0.25, 0.3) is 5.91 Å². The second-order valence-electron chi connectivity index (χ2n) is 4.63.